The predicted molar refractivity (Wildman–Crippen MR) is 115 cm³/mol. The van der Waals surface area contributed by atoms with Gasteiger partial charge in [0, 0.05) is 44.0 Å². The number of benzene rings is 2. The van der Waals surface area contributed by atoms with Crippen LogP contribution in [0, 0.1) is 0 Å². The quantitative estimate of drug-likeness (QED) is 0.611. The molecule has 5 nitrogen and oxygen atoms in total. The summed E-state index contributed by atoms with van der Waals surface area (Å²) in [5.74, 6) is 0.652. The summed E-state index contributed by atoms with van der Waals surface area (Å²) >= 11 is 3.40. The summed E-state index contributed by atoms with van der Waals surface area (Å²) in [6.45, 7) is 1.94. The van der Waals surface area contributed by atoms with Gasteiger partial charge < -0.3 is 19.3 Å². The molecular formula is C22H27BrN2O3. The molecule has 0 aromatic heterocycles. The number of hydrogen-bond acceptors (Lipinski definition) is 4. The lowest BCUT2D eigenvalue weighted by Crippen LogP contribution is -2.39. The van der Waals surface area contributed by atoms with Crippen LogP contribution in [-0.2, 0) is 16.1 Å². The first kappa shape index (κ1) is 20.7. The molecule has 1 aliphatic rings. The average Bonchev–Trinajstić information content (AvgIpc) is 3.20. The number of halogens is 1. The number of ether oxygens (including phenoxy) is 2. The van der Waals surface area contributed by atoms with Crippen LogP contribution in [0.3, 0.4) is 0 Å². The second kappa shape index (κ2) is 9.94. The maximum absolute atomic E-state index is 12.9. The van der Waals surface area contributed by atoms with Crippen molar-refractivity contribution in [2.75, 3.05) is 38.8 Å². The van der Waals surface area contributed by atoms with Crippen LogP contribution in [0.25, 0.3) is 0 Å². The van der Waals surface area contributed by atoms with Gasteiger partial charge in [-0.1, -0.05) is 28.1 Å². The van der Waals surface area contributed by atoms with Gasteiger partial charge in [0.05, 0.1) is 6.10 Å². The van der Waals surface area contributed by atoms with Crippen LogP contribution < -0.4 is 9.64 Å². The molecule has 150 valence electrons. The molecule has 0 spiro atoms. The van der Waals surface area contributed by atoms with Crippen LogP contribution in [0.15, 0.2) is 53.0 Å². The second-order valence-electron chi connectivity index (χ2n) is 7.21. The lowest BCUT2D eigenvalue weighted by Gasteiger charge is -2.26. The van der Waals surface area contributed by atoms with Gasteiger partial charge in [0.2, 0.25) is 0 Å². The van der Waals surface area contributed by atoms with Gasteiger partial charge in [-0.15, -0.1) is 0 Å². The molecule has 28 heavy (non-hydrogen) atoms. The monoisotopic (exact) mass is 446 g/mol. The summed E-state index contributed by atoms with van der Waals surface area (Å²) in [5.41, 5.74) is 2.24. The van der Waals surface area contributed by atoms with Crippen molar-refractivity contribution in [1.29, 1.82) is 0 Å². The Labute approximate surface area is 175 Å². The first-order valence-corrected chi connectivity index (χ1v) is 10.3. The molecule has 0 unspecified atom stereocenters. The van der Waals surface area contributed by atoms with Gasteiger partial charge in [-0.05, 0) is 54.8 Å². The molecule has 1 heterocycles. The topological polar surface area (TPSA) is 42.0 Å². The van der Waals surface area contributed by atoms with Crippen molar-refractivity contribution < 1.29 is 14.3 Å². The van der Waals surface area contributed by atoms with Crippen LogP contribution >= 0.6 is 15.9 Å². The minimum Gasteiger partial charge on any atom is -0.484 e. The maximum atomic E-state index is 12.9. The molecule has 6 heteroatoms. The number of hydrogen-bond donors (Lipinski definition) is 0. The zero-order chi connectivity index (χ0) is 19.9. The average molecular weight is 447 g/mol. The summed E-state index contributed by atoms with van der Waals surface area (Å²) in [6.07, 6.45) is 2.16. The molecule has 0 N–H and O–H groups in total. The highest BCUT2D eigenvalue weighted by molar-refractivity contribution is 9.10. The van der Waals surface area contributed by atoms with E-state index in [1.807, 2.05) is 43.3 Å². The molecule has 0 radical (unpaired) electrons. The number of carbonyl (C=O) groups is 1. The van der Waals surface area contributed by atoms with Crippen molar-refractivity contribution in [2.24, 2.45) is 0 Å². The van der Waals surface area contributed by atoms with Crippen molar-refractivity contribution >= 4 is 27.5 Å². The predicted octanol–water partition coefficient (Wildman–Crippen LogP) is 4.10. The minimum atomic E-state index is -0.0323. The van der Waals surface area contributed by atoms with Gasteiger partial charge in [0.15, 0.2) is 6.61 Å². The molecule has 0 bridgehead atoms. The third-order valence-electron chi connectivity index (χ3n) is 4.80. The number of amides is 1. The fourth-order valence-electron chi connectivity index (χ4n) is 3.18. The molecule has 1 fully saturated rings. The minimum absolute atomic E-state index is 0.0180. The molecule has 1 saturated heterocycles. The summed E-state index contributed by atoms with van der Waals surface area (Å²) in [5, 5.41) is 0. The highest BCUT2D eigenvalue weighted by Crippen LogP contribution is 2.19. The van der Waals surface area contributed by atoms with E-state index in [0.717, 1.165) is 35.2 Å². The standard InChI is InChI=1S/C22H27BrN2O3/c1-24(2)19-9-5-17(6-10-19)14-25(15-21-4-3-13-27-21)22(26)16-28-20-11-7-18(23)8-12-20/h5-12,21H,3-4,13-16H2,1-2H3/t21-/m0/s1. The molecular weight excluding hydrogens is 420 g/mol. The Morgan fingerprint density at radius 3 is 2.46 bits per heavy atom. The maximum Gasteiger partial charge on any atom is 0.260 e. The van der Waals surface area contributed by atoms with E-state index in [0.29, 0.717) is 18.8 Å². The molecule has 1 atom stereocenters. The van der Waals surface area contributed by atoms with Crippen molar-refractivity contribution in [3.05, 3.63) is 58.6 Å². The first-order chi connectivity index (χ1) is 13.5. The molecule has 1 amide bonds. The number of rotatable bonds is 8. The summed E-state index contributed by atoms with van der Waals surface area (Å²) in [7, 11) is 4.03. The summed E-state index contributed by atoms with van der Waals surface area (Å²) in [6, 6.07) is 15.8. The van der Waals surface area contributed by atoms with Crippen LogP contribution in [0.4, 0.5) is 5.69 Å². The Morgan fingerprint density at radius 2 is 1.86 bits per heavy atom. The van der Waals surface area contributed by atoms with Crippen LogP contribution in [0.1, 0.15) is 18.4 Å². The Hall–Kier alpha value is -2.05. The van der Waals surface area contributed by atoms with E-state index in [4.69, 9.17) is 9.47 Å². The van der Waals surface area contributed by atoms with Gasteiger partial charge in [0.1, 0.15) is 5.75 Å². The van der Waals surface area contributed by atoms with Gasteiger partial charge in [-0.25, -0.2) is 0 Å². The van der Waals surface area contributed by atoms with Crippen molar-refractivity contribution in [3.63, 3.8) is 0 Å². The Morgan fingerprint density at radius 1 is 1.14 bits per heavy atom. The fourth-order valence-corrected chi connectivity index (χ4v) is 3.44. The zero-order valence-electron chi connectivity index (χ0n) is 16.4. The SMILES string of the molecule is CN(C)c1ccc(CN(C[C@@H]2CCCO2)C(=O)COc2ccc(Br)cc2)cc1. The van der Waals surface area contributed by atoms with Crippen LogP contribution in [0.5, 0.6) is 5.75 Å². The van der Waals surface area contributed by atoms with E-state index in [2.05, 4.69) is 45.1 Å². The van der Waals surface area contributed by atoms with E-state index in [1.54, 1.807) is 0 Å². The van der Waals surface area contributed by atoms with Crippen molar-refractivity contribution in [2.45, 2.75) is 25.5 Å². The van der Waals surface area contributed by atoms with E-state index >= 15 is 0 Å². The van der Waals surface area contributed by atoms with Gasteiger partial charge in [-0.3, -0.25) is 4.79 Å². The van der Waals surface area contributed by atoms with E-state index in [-0.39, 0.29) is 18.6 Å². The largest absolute Gasteiger partial charge is 0.484 e. The van der Waals surface area contributed by atoms with Gasteiger partial charge >= 0.3 is 0 Å². The van der Waals surface area contributed by atoms with Crippen molar-refractivity contribution in [3.8, 4) is 5.75 Å². The van der Waals surface area contributed by atoms with Crippen molar-refractivity contribution in [1.82, 2.24) is 4.90 Å². The fraction of sp³-hybridized carbons (Fsp3) is 0.409. The van der Waals surface area contributed by atoms with Crippen LogP contribution in [0.2, 0.25) is 0 Å². The Balaban J connectivity index is 1.64. The third kappa shape index (κ3) is 5.97. The highest BCUT2D eigenvalue weighted by atomic mass is 79.9. The lowest BCUT2D eigenvalue weighted by atomic mass is 10.1. The van der Waals surface area contributed by atoms with Gasteiger partial charge in [-0.2, -0.15) is 0 Å². The molecule has 0 aliphatic carbocycles. The summed E-state index contributed by atoms with van der Waals surface area (Å²) < 4.78 is 12.4. The van der Waals surface area contributed by atoms with E-state index in [1.165, 1.54) is 0 Å². The number of anilines is 1. The Bertz CT molecular complexity index is 756. The zero-order valence-corrected chi connectivity index (χ0v) is 18.0. The number of carbonyl (C=O) groups excluding carboxylic acids is 1. The Kier molecular flexibility index (Phi) is 7.34. The first-order valence-electron chi connectivity index (χ1n) is 9.55. The molecule has 2 aromatic carbocycles. The van der Waals surface area contributed by atoms with E-state index in [9.17, 15) is 4.79 Å². The molecule has 1 aliphatic heterocycles. The third-order valence-corrected chi connectivity index (χ3v) is 5.33. The molecule has 3 rings (SSSR count). The van der Waals surface area contributed by atoms with E-state index < -0.39 is 0 Å². The normalized spacial score (nSPS) is 16.0. The summed E-state index contributed by atoms with van der Waals surface area (Å²) in [4.78, 5) is 16.8. The number of nitrogens with zero attached hydrogens (tertiary/aromatic N) is 2. The van der Waals surface area contributed by atoms with Crippen LogP contribution in [-0.4, -0.2) is 50.8 Å². The lowest BCUT2D eigenvalue weighted by molar-refractivity contribution is -0.135. The smallest absolute Gasteiger partial charge is 0.260 e. The molecule has 2 aromatic rings. The highest BCUT2D eigenvalue weighted by Gasteiger charge is 2.23. The van der Waals surface area contributed by atoms with Gasteiger partial charge in [0.25, 0.3) is 5.91 Å². The second-order valence-corrected chi connectivity index (χ2v) is 8.13. The molecule has 0 saturated carbocycles.